The normalized spacial score (nSPS) is 19.6. The molecule has 3 amide bonds. The minimum Gasteiger partial charge on any atom is -0.496 e. The molecule has 27 heavy (non-hydrogen) atoms. The molecule has 0 unspecified atom stereocenters. The Bertz CT molecular complexity index is 999. The number of hydrogen-bond donors (Lipinski definition) is 1. The number of thiazole rings is 1. The number of methoxy groups -OCH3 is 1. The molecule has 1 aromatic heterocycles. The molecular weight excluding hydrogens is 362 g/mol. The lowest BCUT2D eigenvalue weighted by Crippen LogP contribution is -2.46. The molecule has 0 aliphatic carbocycles. The Kier molecular flexibility index (Phi) is 4.31. The van der Waals surface area contributed by atoms with Crippen LogP contribution in [0.25, 0.3) is 10.2 Å². The lowest BCUT2D eigenvalue weighted by molar-refractivity contribution is -0.131. The van der Waals surface area contributed by atoms with Gasteiger partial charge in [-0.3, -0.25) is 9.69 Å². The van der Waals surface area contributed by atoms with E-state index in [-0.39, 0.29) is 12.5 Å². The maximum atomic E-state index is 13.0. The summed E-state index contributed by atoms with van der Waals surface area (Å²) in [5.41, 5.74) is 0.738. The summed E-state index contributed by atoms with van der Waals surface area (Å²) in [5.74, 6) is 0.447. The zero-order valence-electron chi connectivity index (χ0n) is 15.1. The van der Waals surface area contributed by atoms with E-state index in [4.69, 9.17) is 4.74 Å². The van der Waals surface area contributed by atoms with E-state index in [9.17, 15) is 9.59 Å². The first kappa shape index (κ1) is 17.5. The molecule has 0 bridgehead atoms. The second kappa shape index (κ2) is 6.66. The van der Waals surface area contributed by atoms with Crippen molar-refractivity contribution in [1.29, 1.82) is 0 Å². The molecule has 1 aliphatic heterocycles. The Morgan fingerprint density at radius 2 is 1.89 bits per heavy atom. The van der Waals surface area contributed by atoms with Crippen LogP contribution in [0.2, 0.25) is 0 Å². The fraction of sp³-hybridized carbons (Fsp3) is 0.250. The Morgan fingerprint density at radius 3 is 2.67 bits per heavy atom. The third-order valence-electron chi connectivity index (χ3n) is 4.71. The summed E-state index contributed by atoms with van der Waals surface area (Å²) in [6, 6.07) is 14.9. The van der Waals surface area contributed by atoms with Gasteiger partial charge in [0.05, 0.1) is 23.9 Å². The first-order valence-corrected chi connectivity index (χ1v) is 9.42. The highest BCUT2D eigenvalue weighted by molar-refractivity contribution is 7.18. The number of para-hydroxylation sites is 2. The number of nitrogens with one attached hydrogen (secondary N) is 1. The van der Waals surface area contributed by atoms with Crippen LogP contribution in [0.4, 0.5) is 4.79 Å². The molecule has 138 valence electrons. The van der Waals surface area contributed by atoms with Crippen molar-refractivity contribution in [2.45, 2.75) is 25.4 Å². The van der Waals surface area contributed by atoms with Crippen molar-refractivity contribution in [3.05, 3.63) is 59.1 Å². The van der Waals surface area contributed by atoms with Crippen molar-refractivity contribution >= 4 is 33.5 Å². The van der Waals surface area contributed by atoms with Gasteiger partial charge in [-0.2, -0.15) is 0 Å². The van der Waals surface area contributed by atoms with Crippen molar-refractivity contribution in [3.8, 4) is 5.75 Å². The van der Waals surface area contributed by atoms with E-state index >= 15 is 0 Å². The number of aromatic nitrogens is 1. The van der Waals surface area contributed by atoms with Gasteiger partial charge < -0.3 is 10.1 Å². The van der Waals surface area contributed by atoms with Crippen LogP contribution in [0.1, 0.15) is 17.5 Å². The summed E-state index contributed by atoms with van der Waals surface area (Å²) in [5, 5.41) is 3.58. The molecule has 7 heteroatoms. The van der Waals surface area contributed by atoms with Crippen LogP contribution in [0, 0.1) is 0 Å². The maximum Gasteiger partial charge on any atom is 0.325 e. The summed E-state index contributed by atoms with van der Waals surface area (Å²) in [6.07, 6.45) is 0.359. The quantitative estimate of drug-likeness (QED) is 0.688. The fourth-order valence-electron chi connectivity index (χ4n) is 3.36. The van der Waals surface area contributed by atoms with Crippen molar-refractivity contribution in [1.82, 2.24) is 15.2 Å². The molecule has 3 aromatic rings. The van der Waals surface area contributed by atoms with Gasteiger partial charge in [-0.25, -0.2) is 9.78 Å². The average molecular weight is 381 g/mol. The topological polar surface area (TPSA) is 71.5 Å². The SMILES string of the molecule is COc1ccccc1C[C@]1(C)NC(=O)N(Cc2nc3ccccc3s2)C1=O. The standard InChI is InChI=1S/C20H19N3O3S/c1-20(11-13-7-3-5-9-15(13)26-2)18(24)23(19(25)22-20)12-17-21-14-8-4-6-10-16(14)27-17/h3-10H,11-12H2,1-2H3,(H,22,25)/t20-/m0/s1. The van der Waals surface area contributed by atoms with Gasteiger partial charge in [0, 0.05) is 6.42 Å². The second-order valence-electron chi connectivity index (χ2n) is 6.72. The van der Waals surface area contributed by atoms with E-state index in [1.54, 1.807) is 14.0 Å². The minimum absolute atomic E-state index is 0.172. The Morgan fingerprint density at radius 1 is 1.15 bits per heavy atom. The first-order chi connectivity index (χ1) is 13.0. The van der Waals surface area contributed by atoms with Crippen LogP contribution < -0.4 is 10.1 Å². The van der Waals surface area contributed by atoms with Crippen molar-refractivity contribution in [2.75, 3.05) is 7.11 Å². The van der Waals surface area contributed by atoms with Crippen LogP contribution in [-0.4, -0.2) is 34.5 Å². The monoisotopic (exact) mass is 381 g/mol. The third-order valence-corrected chi connectivity index (χ3v) is 5.73. The lowest BCUT2D eigenvalue weighted by atomic mass is 9.92. The van der Waals surface area contributed by atoms with Gasteiger partial charge in [-0.15, -0.1) is 11.3 Å². The summed E-state index contributed by atoms with van der Waals surface area (Å²) in [6.45, 7) is 1.92. The summed E-state index contributed by atoms with van der Waals surface area (Å²) in [7, 11) is 1.59. The number of fused-ring (bicyclic) bond motifs is 1. The van der Waals surface area contributed by atoms with E-state index in [0.717, 1.165) is 20.8 Å². The number of imide groups is 1. The van der Waals surface area contributed by atoms with Gasteiger partial charge in [0.15, 0.2) is 0 Å². The van der Waals surface area contributed by atoms with Crippen LogP contribution >= 0.6 is 11.3 Å². The number of amides is 3. The molecule has 1 fully saturated rings. The van der Waals surface area contributed by atoms with Crippen LogP contribution in [-0.2, 0) is 17.8 Å². The molecule has 4 rings (SSSR count). The van der Waals surface area contributed by atoms with Crippen LogP contribution in [0.15, 0.2) is 48.5 Å². The molecular formula is C20H19N3O3S. The van der Waals surface area contributed by atoms with Gasteiger partial charge in [0.25, 0.3) is 5.91 Å². The highest BCUT2D eigenvalue weighted by Gasteiger charge is 2.48. The highest BCUT2D eigenvalue weighted by Crippen LogP contribution is 2.29. The number of nitrogens with zero attached hydrogens (tertiary/aromatic N) is 2. The number of benzene rings is 2. The highest BCUT2D eigenvalue weighted by atomic mass is 32.1. The number of rotatable bonds is 5. The summed E-state index contributed by atoms with van der Waals surface area (Å²) in [4.78, 5) is 31.3. The molecule has 1 saturated heterocycles. The zero-order valence-corrected chi connectivity index (χ0v) is 15.9. The Balaban J connectivity index is 1.57. The third kappa shape index (κ3) is 3.14. The van der Waals surface area contributed by atoms with E-state index in [1.807, 2.05) is 48.5 Å². The molecule has 2 heterocycles. The number of urea groups is 1. The average Bonchev–Trinajstić information content (AvgIpc) is 3.16. The van der Waals surface area contributed by atoms with Gasteiger partial charge in [-0.05, 0) is 30.7 Å². The number of hydrogen-bond acceptors (Lipinski definition) is 5. The number of carbonyl (C=O) groups is 2. The number of ether oxygens (including phenoxy) is 1. The summed E-state index contributed by atoms with van der Waals surface area (Å²) < 4.78 is 6.41. The minimum atomic E-state index is -1.01. The zero-order chi connectivity index (χ0) is 19.0. The first-order valence-electron chi connectivity index (χ1n) is 8.60. The van der Waals surface area contributed by atoms with E-state index in [2.05, 4.69) is 10.3 Å². The molecule has 0 spiro atoms. The predicted molar refractivity (Wildman–Crippen MR) is 104 cm³/mol. The van der Waals surface area contributed by atoms with E-state index in [0.29, 0.717) is 12.2 Å². The molecule has 6 nitrogen and oxygen atoms in total. The molecule has 1 aliphatic rings. The van der Waals surface area contributed by atoms with Gasteiger partial charge >= 0.3 is 6.03 Å². The van der Waals surface area contributed by atoms with Gasteiger partial charge in [0.2, 0.25) is 0 Å². The van der Waals surface area contributed by atoms with Gasteiger partial charge in [0.1, 0.15) is 16.3 Å². The summed E-state index contributed by atoms with van der Waals surface area (Å²) >= 11 is 1.49. The second-order valence-corrected chi connectivity index (χ2v) is 7.83. The lowest BCUT2D eigenvalue weighted by Gasteiger charge is -2.22. The Hall–Kier alpha value is -2.93. The van der Waals surface area contributed by atoms with Crippen LogP contribution in [0.5, 0.6) is 5.75 Å². The molecule has 1 atom stereocenters. The molecule has 2 aromatic carbocycles. The smallest absolute Gasteiger partial charge is 0.325 e. The molecule has 1 N–H and O–H groups in total. The van der Waals surface area contributed by atoms with Crippen molar-refractivity contribution in [2.24, 2.45) is 0 Å². The fourth-order valence-corrected chi connectivity index (χ4v) is 4.32. The van der Waals surface area contributed by atoms with Crippen molar-refractivity contribution < 1.29 is 14.3 Å². The number of carbonyl (C=O) groups excluding carboxylic acids is 2. The van der Waals surface area contributed by atoms with Gasteiger partial charge in [-0.1, -0.05) is 30.3 Å². The van der Waals surface area contributed by atoms with Crippen LogP contribution in [0.3, 0.4) is 0 Å². The maximum absolute atomic E-state index is 13.0. The predicted octanol–water partition coefficient (Wildman–Crippen LogP) is 3.36. The molecule has 0 radical (unpaired) electrons. The largest absolute Gasteiger partial charge is 0.496 e. The van der Waals surface area contributed by atoms with E-state index < -0.39 is 11.6 Å². The van der Waals surface area contributed by atoms with E-state index in [1.165, 1.54) is 16.2 Å². The Labute approximate surface area is 160 Å². The van der Waals surface area contributed by atoms with Crippen molar-refractivity contribution in [3.63, 3.8) is 0 Å². The molecule has 0 saturated carbocycles.